The molecular formula is C12H14ClNO3. The fourth-order valence-corrected chi connectivity index (χ4v) is 2.02. The summed E-state index contributed by atoms with van der Waals surface area (Å²) < 4.78 is 10.5. The first-order chi connectivity index (χ1) is 8.18. The highest BCUT2D eigenvalue weighted by Gasteiger charge is 2.22. The second-order valence-corrected chi connectivity index (χ2v) is 4.33. The van der Waals surface area contributed by atoms with E-state index in [0.717, 1.165) is 12.8 Å². The maximum Gasteiger partial charge on any atom is 0.342 e. The van der Waals surface area contributed by atoms with E-state index in [0.29, 0.717) is 23.9 Å². The monoisotopic (exact) mass is 255 g/mol. The molecule has 0 spiro atoms. The highest BCUT2D eigenvalue weighted by molar-refractivity contribution is 6.34. The third-order valence-corrected chi connectivity index (χ3v) is 3.01. The number of rotatable bonds is 2. The van der Waals surface area contributed by atoms with E-state index in [1.807, 2.05) is 0 Å². The van der Waals surface area contributed by atoms with Crippen LogP contribution in [0.3, 0.4) is 0 Å². The van der Waals surface area contributed by atoms with Crippen LogP contribution in [0.25, 0.3) is 0 Å². The van der Waals surface area contributed by atoms with E-state index in [1.54, 1.807) is 18.2 Å². The first-order valence-electron chi connectivity index (χ1n) is 5.51. The van der Waals surface area contributed by atoms with Crippen LogP contribution in [-0.4, -0.2) is 25.3 Å². The molecule has 1 aromatic carbocycles. The third kappa shape index (κ3) is 2.90. The molecule has 0 unspecified atom stereocenters. The highest BCUT2D eigenvalue weighted by atomic mass is 35.5. The van der Waals surface area contributed by atoms with Crippen molar-refractivity contribution in [2.24, 2.45) is 0 Å². The van der Waals surface area contributed by atoms with Gasteiger partial charge in [0.25, 0.3) is 0 Å². The molecule has 0 aliphatic carbocycles. The van der Waals surface area contributed by atoms with Gasteiger partial charge in [-0.25, -0.2) is 4.79 Å². The number of nitrogen functional groups attached to an aromatic ring is 1. The van der Waals surface area contributed by atoms with E-state index in [2.05, 4.69) is 0 Å². The molecule has 1 aliphatic rings. The molecule has 0 saturated carbocycles. The largest absolute Gasteiger partial charge is 0.459 e. The van der Waals surface area contributed by atoms with Gasteiger partial charge in [-0.1, -0.05) is 17.7 Å². The number of esters is 1. The lowest BCUT2D eigenvalue weighted by atomic mass is 10.1. The fraction of sp³-hybridized carbons (Fsp3) is 0.417. The zero-order valence-electron chi connectivity index (χ0n) is 9.32. The Bertz CT molecular complexity index is 396. The number of anilines is 1. The molecule has 0 radical (unpaired) electrons. The molecule has 17 heavy (non-hydrogen) atoms. The summed E-state index contributed by atoms with van der Waals surface area (Å²) in [5.74, 6) is -0.458. The second-order valence-electron chi connectivity index (χ2n) is 3.92. The lowest BCUT2D eigenvalue weighted by molar-refractivity contribution is -0.0158. The van der Waals surface area contributed by atoms with Crippen molar-refractivity contribution in [1.82, 2.24) is 0 Å². The molecule has 0 bridgehead atoms. The van der Waals surface area contributed by atoms with Crippen molar-refractivity contribution in [2.75, 3.05) is 18.9 Å². The quantitative estimate of drug-likeness (QED) is 0.650. The summed E-state index contributed by atoms with van der Waals surface area (Å²) in [6.07, 6.45) is 1.33. The summed E-state index contributed by atoms with van der Waals surface area (Å²) in [6, 6.07) is 4.95. The molecule has 2 N–H and O–H groups in total. The molecular weight excluding hydrogens is 242 g/mol. The van der Waals surface area contributed by atoms with Gasteiger partial charge < -0.3 is 15.2 Å². The minimum atomic E-state index is -0.458. The number of benzene rings is 1. The van der Waals surface area contributed by atoms with Gasteiger partial charge in [0.1, 0.15) is 11.7 Å². The topological polar surface area (TPSA) is 61.6 Å². The SMILES string of the molecule is Nc1cccc(Cl)c1C(=O)OC1CCOCC1. The average molecular weight is 256 g/mol. The smallest absolute Gasteiger partial charge is 0.342 e. The lowest BCUT2D eigenvalue weighted by Crippen LogP contribution is -2.26. The van der Waals surface area contributed by atoms with Gasteiger partial charge in [0.05, 0.1) is 18.2 Å². The molecule has 1 saturated heterocycles. The second kappa shape index (κ2) is 5.38. The maximum absolute atomic E-state index is 11.9. The summed E-state index contributed by atoms with van der Waals surface area (Å²) in [4.78, 5) is 11.9. The van der Waals surface area contributed by atoms with Crippen molar-refractivity contribution in [2.45, 2.75) is 18.9 Å². The van der Waals surface area contributed by atoms with Crippen molar-refractivity contribution < 1.29 is 14.3 Å². The van der Waals surface area contributed by atoms with E-state index in [9.17, 15) is 4.79 Å². The van der Waals surface area contributed by atoms with Gasteiger partial charge in [-0.05, 0) is 12.1 Å². The summed E-state index contributed by atoms with van der Waals surface area (Å²) in [5, 5.41) is 0.321. The van der Waals surface area contributed by atoms with Crippen LogP contribution in [0.2, 0.25) is 5.02 Å². The number of hydrogen-bond donors (Lipinski definition) is 1. The van der Waals surface area contributed by atoms with Gasteiger partial charge in [-0.15, -0.1) is 0 Å². The van der Waals surface area contributed by atoms with E-state index < -0.39 is 5.97 Å². The van der Waals surface area contributed by atoms with Crippen molar-refractivity contribution in [3.8, 4) is 0 Å². The summed E-state index contributed by atoms with van der Waals surface area (Å²) >= 11 is 5.94. The standard InChI is InChI=1S/C12H14ClNO3/c13-9-2-1-3-10(14)11(9)12(15)17-8-4-6-16-7-5-8/h1-3,8H,4-7,14H2. The Morgan fingerprint density at radius 3 is 2.76 bits per heavy atom. The molecule has 0 atom stereocenters. The summed E-state index contributed by atoms with van der Waals surface area (Å²) in [6.45, 7) is 1.24. The molecule has 1 fully saturated rings. The predicted octanol–water partition coefficient (Wildman–Crippen LogP) is 2.26. The van der Waals surface area contributed by atoms with Crippen LogP contribution in [-0.2, 0) is 9.47 Å². The lowest BCUT2D eigenvalue weighted by Gasteiger charge is -2.22. The fourth-order valence-electron chi connectivity index (χ4n) is 1.76. The molecule has 0 amide bonds. The molecule has 92 valence electrons. The highest BCUT2D eigenvalue weighted by Crippen LogP contribution is 2.24. The Hall–Kier alpha value is -1.26. The van der Waals surface area contributed by atoms with Gasteiger partial charge in [-0.3, -0.25) is 0 Å². The number of carbonyl (C=O) groups is 1. The zero-order chi connectivity index (χ0) is 12.3. The Labute approximate surface area is 105 Å². The molecule has 1 aliphatic heterocycles. The van der Waals surface area contributed by atoms with E-state index in [1.165, 1.54) is 0 Å². The van der Waals surface area contributed by atoms with Gasteiger partial charge in [0.15, 0.2) is 0 Å². The molecule has 1 aromatic rings. The average Bonchev–Trinajstić information content (AvgIpc) is 2.30. The van der Waals surface area contributed by atoms with Crippen LogP contribution in [0.5, 0.6) is 0 Å². The number of carbonyl (C=O) groups excluding carboxylic acids is 1. The molecule has 1 heterocycles. The van der Waals surface area contributed by atoms with E-state index >= 15 is 0 Å². The Kier molecular flexibility index (Phi) is 3.86. The van der Waals surface area contributed by atoms with Crippen molar-refractivity contribution in [3.63, 3.8) is 0 Å². The normalized spacial score (nSPS) is 16.8. The van der Waals surface area contributed by atoms with Crippen LogP contribution in [0.15, 0.2) is 18.2 Å². The summed E-state index contributed by atoms with van der Waals surface area (Å²) in [7, 11) is 0. The van der Waals surface area contributed by atoms with Crippen molar-refractivity contribution in [1.29, 1.82) is 0 Å². The maximum atomic E-state index is 11.9. The first kappa shape index (κ1) is 12.2. The Morgan fingerprint density at radius 1 is 1.41 bits per heavy atom. The molecule has 4 nitrogen and oxygen atoms in total. The summed E-state index contributed by atoms with van der Waals surface area (Å²) in [5.41, 5.74) is 6.31. The number of ether oxygens (including phenoxy) is 2. The van der Waals surface area contributed by atoms with Crippen molar-refractivity contribution >= 4 is 23.3 Å². The number of nitrogens with two attached hydrogens (primary N) is 1. The van der Waals surface area contributed by atoms with Crippen LogP contribution in [0.1, 0.15) is 23.2 Å². The molecule has 2 rings (SSSR count). The Balaban J connectivity index is 2.08. The van der Waals surface area contributed by atoms with Gasteiger partial charge in [0, 0.05) is 18.5 Å². The van der Waals surface area contributed by atoms with Gasteiger partial charge in [0.2, 0.25) is 0 Å². The first-order valence-corrected chi connectivity index (χ1v) is 5.89. The van der Waals surface area contributed by atoms with Crippen LogP contribution in [0.4, 0.5) is 5.69 Å². The van der Waals surface area contributed by atoms with E-state index in [4.69, 9.17) is 26.8 Å². The van der Waals surface area contributed by atoms with Gasteiger partial charge in [-0.2, -0.15) is 0 Å². The number of halogens is 1. The predicted molar refractivity (Wildman–Crippen MR) is 65.1 cm³/mol. The minimum Gasteiger partial charge on any atom is -0.459 e. The van der Waals surface area contributed by atoms with Gasteiger partial charge >= 0.3 is 5.97 Å². The molecule has 5 heteroatoms. The zero-order valence-corrected chi connectivity index (χ0v) is 10.1. The number of hydrogen-bond acceptors (Lipinski definition) is 4. The van der Waals surface area contributed by atoms with Crippen LogP contribution >= 0.6 is 11.6 Å². The van der Waals surface area contributed by atoms with E-state index in [-0.39, 0.29) is 11.7 Å². The Morgan fingerprint density at radius 2 is 2.12 bits per heavy atom. The van der Waals surface area contributed by atoms with Crippen molar-refractivity contribution in [3.05, 3.63) is 28.8 Å². The van der Waals surface area contributed by atoms with Crippen LogP contribution < -0.4 is 5.73 Å². The third-order valence-electron chi connectivity index (χ3n) is 2.69. The van der Waals surface area contributed by atoms with Crippen LogP contribution in [0, 0.1) is 0 Å². The minimum absolute atomic E-state index is 0.105. The molecule has 0 aromatic heterocycles.